The number of likely N-dealkylation sites (tertiary alicyclic amines) is 1. The second kappa shape index (κ2) is 8.70. The molecule has 4 heterocycles. The minimum Gasteiger partial charge on any atom is -0.330 e. The summed E-state index contributed by atoms with van der Waals surface area (Å²) in [5, 5.41) is 1.20. The van der Waals surface area contributed by atoms with E-state index in [1.807, 2.05) is 24.4 Å². The highest BCUT2D eigenvalue weighted by Gasteiger charge is 2.34. The second-order valence-electron chi connectivity index (χ2n) is 8.27. The molecule has 0 bridgehead atoms. The molecule has 2 atom stereocenters. The summed E-state index contributed by atoms with van der Waals surface area (Å²) in [5.74, 6) is 1.41. The van der Waals surface area contributed by atoms with Crippen LogP contribution < -0.4 is 14.8 Å². The van der Waals surface area contributed by atoms with Gasteiger partial charge in [0.2, 0.25) is 0 Å². The Balaban J connectivity index is 1.23. The monoisotopic (exact) mass is 423 g/mol. The molecule has 2 aliphatic heterocycles. The van der Waals surface area contributed by atoms with Crippen molar-refractivity contribution in [3.05, 3.63) is 53.7 Å². The topological polar surface area (TPSA) is 55.0 Å². The molecule has 2 aromatic heterocycles. The summed E-state index contributed by atoms with van der Waals surface area (Å²) < 4.78 is 1.25. The molecule has 156 valence electrons. The van der Waals surface area contributed by atoms with Gasteiger partial charge >= 0.3 is 0 Å². The molecule has 1 unspecified atom stereocenters. The number of piperazine rings is 1. The molecule has 0 saturated carbocycles. The lowest BCUT2D eigenvalue weighted by Crippen LogP contribution is -3.14. The van der Waals surface area contributed by atoms with Crippen LogP contribution in [0, 0.1) is 0 Å². The van der Waals surface area contributed by atoms with Crippen LogP contribution >= 0.6 is 11.3 Å². The van der Waals surface area contributed by atoms with Crippen LogP contribution in [0.5, 0.6) is 0 Å². The van der Waals surface area contributed by atoms with Gasteiger partial charge in [-0.3, -0.25) is 9.69 Å². The maximum atomic E-state index is 13.1. The number of aromatic amines is 1. The molecule has 6 nitrogen and oxygen atoms in total. The Labute approximate surface area is 181 Å². The van der Waals surface area contributed by atoms with Gasteiger partial charge in [0.15, 0.2) is 11.6 Å². The first-order valence-corrected chi connectivity index (χ1v) is 11.8. The normalized spacial score (nSPS) is 22.4. The number of piperidine rings is 1. The van der Waals surface area contributed by atoms with Gasteiger partial charge in [-0.05, 0) is 31.0 Å². The van der Waals surface area contributed by atoms with Gasteiger partial charge in [0, 0.05) is 12.5 Å². The zero-order valence-electron chi connectivity index (χ0n) is 17.2. The number of carbonyl (C=O) groups is 1. The van der Waals surface area contributed by atoms with E-state index in [2.05, 4.69) is 39.0 Å². The van der Waals surface area contributed by atoms with Crippen LogP contribution in [0.1, 0.15) is 30.3 Å². The van der Waals surface area contributed by atoms with Crippen LogP contribution in [0.25, 0.3) is 10.2 Å². The molecule has 2 aliphatic rings. The first-order chi connectivity index (χ1) is 14.8. The smallest absolute Gasteiger partial charge is 0.278 e. The van der Waals surface area contributed by atoms with E-state index in [9.17, 15) is 4.79 Å². The Morgan fingerprint density at radius 2 is 1.93 bits per heavy atom. The SMILES string of the molecule is O=C(C[NH+]1CCCC[C@H]1c1nc2ccccc2s1)N1CCN(c2cccc[nH+]2)CC1. The first kappa shape index (κ1) is 19.5. The fourth-order valence-electron chi connectivity index (χ4n) is 4.71. The van der Waals surface area contributed by atoms with Gasteiger partial charge in [0.1, 0.15) is 19.1 Å². The molecule has 1 aromatic carbocycles. The second-order valence-corrected chi connectivity index (χ2v) is 9.33. The fourth-order valence-corrected chi connectivity index (χ4v) is 5.87. The lowest BCUT2D eigenvalue weighted by molar-refractivity contribution is -0.929. The number of pyridine rings is 1. The molecule has 7 heteroatoms. The van der Waals surface area contributed by atoms with E-state index in [1.165, 1.54) is 27.4 Å². The minimum absolute atomic E-state index is 0.287. The zero-order valence-corrected chi connectivity index (χ0v) is 18.0. The standard InChI is InChI=1S/C23H27N5OS/c29-22(27-15-13-26(14-16-27)21-10-3-5-11-24-21)17-28-12-6-4-8-19(28)23-25-18-7-1-2-9-20(18)30-23/h1-3,5,7,9-11,19H,4,6,8,12-17H2/p+2/t19-/m0/s1. The van der Waals surface area contributed by atoms with Gasteiger partial charge in [0.25, 0.3) is 11.7 Å². The van der Waals surface area contributed by atoms with E-state index >= 15 is 0 Å². The molecule has 0 spiro atoms. The molecule has 0 radical (unpaired) electrons. The number of H-pyrrole nitrogens is 1. The Morgan fingerprint density at radius 1 is 1.10 bits per heavy atom. The summed E-state index contributed by atoms with van der Waals surface area (Å²) in [6, 6.07) is 14.8. The summed E-state index contributed by atoms with van der Waals surface area (Å²) in [6.07, 6.45) is 5.50. The molecule has 0 aliphatic carbocycles. The lowest BCUT2D eigenvalue weighted by atomic mass is 10.0. The maximum absolute atomic E-state index is 13.1. The number of nitrogens with zero attached hydrogens (tertiary/aromatic N) is 3. The van der Waals surface area contributed by atoms with E-state index < -0.39 is 0 Å². The summed E-state index contributed by atoms with van der Waals surface area (Å²) in [7, 11) is 0. The van der Waals surface area contributed by atoms with E-state index in [0.717, 1.165) is 50.5 Å². The van der Waals surface area contributed by atoms with Gasteiger partial charge in [-0.2, -0.15) is 0 Å². The summed E-state index contributed by atoms with van der Waals surface area (Å²) in [5.41, 5.74) is 1.09. The highest BCUT2D eigenvalue weighted by molar-refractivity contribution is 7.18. The number of quaternary nitrogens is 1. The quantitative estimate of drug-likeness (QED) is 0.693. The molecule has 2 saturated heterocycles. The number of hydrogen-bond acceptors (Lipinski definition) is 4. The highest BCUT2D eigenvalue weighted by Crippen LogP contribution is 2.28. The Bertz CT molecular complexity index is 966. The Kier molecular flexibility index (Phi) is 5.64. The number of benzene rings is 1. The Morgan fingerprint density at radius 3 is 2.73 bits per heavy atom. The van der Waals surface area contributed by atoms with Crippen molar-refractivity contribution < 1.29 is 14.7 Å². The first-order valence-electron chi connectivity index (χ1n) is 11.0. The number of anilines is 1. The number of nitrogens with one attached hydrogen (secondary N) is 2. The van der Waals surface area contributed by atoms with Crippen LogP contribution in [0.2, 0.25) is 0 Å². The zero-order chi connectivity index (χ0) is 20.3. The third kappa shape index (κ3) is 4.04. The average Bonchev–Trinajstić information content (AvgIpc) is 3.24. The van der Waals surface area contributed by atoms with Crippen molar-refractivity contribution in [3.8, 4) is 0 Å². The van der Waals surface area contributed by atoms with Crippen molar-refractivity contribution in [1.82, 2.24) is 9.88 Å². The van der Waals surface area contributed by atoms with Crippen LogP contribution in [0.3, 0.4) is 0 Å². The van der Waals surface area contributed by atoms with Gasteiger partial charge in [-0.25, -0.2) is 9.97 Å². The largest absolute Gasteiger partial charge is 0.330 e. The maximum Gasteiger partial charge on any atom is 0.278 e. The number of rotatable bonds is 4. The minimum atomic E-state index is 0.287. The number of fused-ring (bicyclic) bond motifs is 1. The number of thiazole rings is 1. The average molecular weight is 424 g/mol. The number of hydrogen-bond donors (Lipinski definition) is 1. The molecule has 5 rings (SSSR count). The number of para-hydroxylation sites is 1. The van der Waals surface area contributed by atoms with Crippen molar-refractivity contribution in [2.75, 3.05) is 44.2 Å². The molecular formula is C23H29N5OS+2. The van der Waals surface area contributed by atoms with Gasteiger partial charge < -0.3 is 9.80 Å². The third-order valence-corrected chi connectivity index (χ3v) is 7.54. The van der Waals surface area contributed by atoms with E-state index in [4.69, 9.17) is 4.98 Å². The van der Waals surface area contributed by atoms with Crippen molar-refractivity contribution in [1.29, 1.82) is 0 Å². The number of amides is 1. The molecule has 30 heavy (non-hydrogen) atoms. The number of carbonyl (C=O) groups excluding carboxylic acids is 1. The predicted molar refractivity (Wildman–Crippen MR) is 119 cm³/mol. The molecular weight excluding hydrogens is 394 g/mol. The van der Waals surface area contributed by atoms with E-state index in [0.29, 0.717) is 12.6 Å². The van der Waals surface area contributed by atoms with Crippen molar-refractivity contribution in [3.63, 3.8) is 0 Å². The summed E-state index contributed by atoms with van der Waals surface area (Å²) in [4.78, 5) is 27.1. The summed E-state index contributed by atoms with van der Waals surface area (Å²) >= 11 is 1.80. The van der Waals surface area contributed by atoms with Gasteiger partial charge in [0.05, 0.1) is 36.0 Å². The van der Waals surface area contributed by atoms with E-state index in [-0.39, 0.29) is 5.91 Å². The van der Waals surface area contributed by atoms with Gasteiger partial charge in [-0.15, -0.1) is 11.3 Å². The number of aromatic nitrogens is 2. The third-order valence-electron chi connectivity index (χ3n) is 6.39. The van der Waals surface area contributed by atoms with E-state index in [1.54, 1.807) is 11.3 Å². The van der Waals surface area contributed by atoms with Crippen molar-refractivity contribution in [2.24, 2.45) is 0 Å². The Hall–Kier alpha value is -2.51. The van der Waals surface area contributed by atoms with Gasteiger partial charge in [-0.1, -0.05) is 18.2 Å². The lowest BCUT2D eigenvalue weighted by Gasteiger charge is -2.34. The molecule has 2 N–H and O–H groups in total. The van der Waals surface area contributed by atoms with Crippen molar-refractivity contribution >= 4 is 33.3 Å². The molecule has 3 aromatic rings. The fraction of sp³-hybridized carbons (Fsp3) is 0.435. The summed E-state index contributed by atoms with van der Waals surface area (Å²) in [6.45, 7) is 4.98. The highest BCUT2D eigenvalue weighted by atomic mass is 32.1. The van der Waals surface area contributed by atoms with Crippen LogP contribution in [0.15, 0.2) is 48.7 Å². The van der Waals surface area contributed by atoms with Crippen LogP contribution in [-0.2, 0) is 4.79 Å². The van der Waals surface area contributed by atoms with Crippen LogP contribution in [-0.4, -0.2) is 55.1 Å². The van der Waals surface area contributed by atoms with Crippen molar-refractivity contribution in [2.45, 2.75) is 25.3 Å². The molecule has 1 amide bonds. The van der Waals surface area contributed by atoms with Crippen LogP contribution in [0.4, 0.5) is 5.82 Å². The molecule has 2 fully saturated rings. The predicted octanol–water partition coefficient (Wildman–Crippen LogP) is 1.57.